The molecule has 0 fully saturated rings. The Labute approximate surface area is 141 Å². The molecule has 2 rings (SSSR count). The minimum absolute atomic E-state index is 0.475. The maximum atomic E-state index is 9.45. The molecule has 0 heterocycles. The number of hydrogen-bond donors (Lipinski definition) is 0. The van der Waals surface area contributed by atoms with Crippen LogP contribution in [0.1, 0.15) is 16.7 Å². The highest BCUT2D eigenvalue weighted by molar-refractivity contribution is 6.36. The molecule has 0 aliphatic rings. The van der Waals surface area contributed by atoms with Gasteiger partial charge in [-0.15, -0.1) is 0 Å². The molecule has 0 spiro atoms. The van der Waals surface area contributed by atoms with E-state index in [9.17, 15) is 5.26 Å². The van der Waals surface area contributed by atoms with Gasteiger partial charge < -0.3 is 4.90 Å². The predicted octanol–water partition coefficient (Wildman–Crippen LogP) is 5.43. The van der Waals surface area contributed by atoms with Crippen LogP contribution in [0.25, 0.3) is 11.6 Å². The molecular formula is C18H16Cl2N2. The van der Waals surface area contributed by atoms with E-state index in [4.69, 9.17) is 23.2 Å². The Kier molecular flexibility index (Phi) is 5.13. The highest BCUT2D eigenvalue weighted by Gasteiger charge is 2.08. The van der Waals surface area contributed by atoms with Crippen LogP contribution in [0.2, 0.25) is 10.0 Å². The van der Waals surface area contributed by atoms with Crippen molar-refractivity contribution in [3.63, 3.8) is 0 Å². The number of nitrogens with zero attached hydrogens (tertiary/aromatic N) is 2. The normalized spacial score (nSPS) is 11.2. The lowest BCUT2D eigenvalue weighted by Crippen LogP contribution is -2.08. The highest BCUT2D eigenvalue weighted by Crippen LogP contribution is 2.29. The van der Waals surface area contributed by atoms with Gasteiger partial charge in [-0.1, -0.05) is 35.3 Å². The van der Waals surface area contributed by atoms with Gasteiger partial charge in [0.15, 0.2) is 0 Å². The summed E-state index contributed by atoms with van der Waals surface area (Å²) >= 11 is 12.1. The lowest BCUT2D eigenvalue weighted by Gasteiger charge is -2.14. The van der Waals surface area contributed by atoms with E-state index in [1.807, 2.05) is 44.1 Å². The summed E-state index contributed by atoms with van der Waals surface area (Å²) in [5, 5.41) is 10.5. The lowest BCUT2D eigenvalue weighted by atomic mass is 10.0. The Balaban J connectivity index is 2.48. The van der Waals surface area contributed by atoms with Crippen molar-refractivity contribution in [3.05, 3.63) is 63.1 Å². The second-order valence-corrected chi connectivity index (χ2v) is 6.07. The maximum Gasteiger partial charge on any atom is 0.0998 e. The van der Waals surface area contributed by atoms with E-state index in [1.165, 1.54) is 0 Å². The third kappa shape index (κ3) is 3.62. The summed E-state index contributed by atoms with van der Waals surface area (Å²) in [6.45, 7) is 2.03. The molecule has 112 valence electrons. The van der Waals surface area contributed by atoms with Gasteiger partial charge in [0.05, 0.1) is 16.7 Å². The van der Waals surface area contributed by atoms with Crippen LogP contribution in [0.4, 0.5) is 5.69 Å². The molecule has 0 saturated heterocycles. The minimum Gasteiger partial charge on any atom is -0.378 e. The molecule has 0 saturated carbocycles. The molecule has 0 bridgehead atoms. The second-order valence-electron chi connectivity index (χ2n) is 5.23. The maximum absolute atomic E-state index is 9.45. The van der Waals surface area contributed by atoms with E-state index in [0.29, 0.717) is 21.2 Å². The monoisotopic (exact) mass is 330 g/mol. The summed E-state index contributed by atoms with van der Waals surface area (Å²) < 4.78 is 0. The van der Waals surface area contributed by atoms with E-state index in [-0.39, 0.29) is 0 Å². The van der Waals surface area contributed by atoms with E-state index in [0.717, 1.165) is 16.8 Å². The van der Waals surface area contributed by atoms with Crippen LogP contribution in [-0.2, 0) is 0 Å². The molecule has 2 aromatic carbocycles. The van der Waals surface area contributed by atoms with Crippen LogP contribution in [0.3, 0.4) is 0 Å². The summed E-state index contributed by atoms with van der Waals surface area (Å²) in [4.78, 5) is 2.04. The number of halogens is 2. The zero-order valence-electron chi connectivity index (χ0n) is 12.7. The Morgan fingerprint density at radius 1 is 1.14 bits per heavy atom. The molecule has 22 heavy (non-hydrogen) atoms. The molecule has 0 aliphatic heterocycles. The van der Waals surface area contributed by atoms with Gasteiger partial charge in [0.1, 0.15) is 0 Å². The number of anilines is 1. The summed E-state index contributed by atoms with van der Waals surface area (Å²) in [5.74, 6) is 0. The average molecular weight is 331 g/mol. The Bertz CT molecular complexity index is 771. The van der Waals surface area contributed by atoms with Crippen molar-refractivity contribution in [1.82, 2.24) is 0 Å². The number of hydrogen-bond acceptors (Lipinski definition) is 2. The van der Waals surface area contributed by atoms with Crippen molar-refractivity contribution in [2.75, 3.05) is 19.0 Å². The fourth-order valence-corrected chi connectivity index (χ4v) is 2.64. The average Bonchev–Trinajstić information content (AvgIpc) is 2.46. The molecule has 2 nitrogen and oxygen atoms in total. The summed E-state index contributed by atoms with van der Waals surface area (Å²) in [7, 11) is 4.00. The van der Waals surface area contributed by atoms with Crippen molar-refractivity contribution >= 4 is 40.5 Å². The van der Waals surface area contributed by atoms with Gasteiger partial charge in [0.2, 0.25) is 0 Å². The number of allylic oxidation sites excluding steroid dienone is 1. The van der Waals surface area contributed by atoms with Crippen molar-refractivity contribution < 1.29 is 0 Å². The third-order valence-corrected chi connectivity index (χ3v) is 3.96. The van der Waals surface area contributed by atoms with E-state index in [2.05, 4.69) is 12.1 Å². The van der Waals surface area contributed by atoms with Crippen molar-refractivity contribution in [1.29, 1.82) is 5.26 Å². The van der Waals surface area contributed by atoms with Gasteiger partial charge >= 0.3 is 0 Å². The molecule has 0 atom stereocenters. The third-order valence-electron chi connectivity index (χ3n) is 3.41. The van der Waals surface area contributed by atoms with E-state index >= 15 is 0 Å². The van der Waals surface area contributed by atoms with Crippen molar-refractivity contribution in [2.45, 2.75) is 6.92 Å². The number of aryl methyl sites for hydroxylation is 1. The molecule has 4 heteroatoms. The van der Waals surface area contributed by atoms with Gasteiger partial charge in [0, 0.05) is 30.4 Å². The molecule has 0 unspecified atom stereocenters. The summed E-state index contributed by atoms with van der Waals surface area (Å²) in [6.07, 6.45) is 1.85. The first-order valence-corrected chi connectivity index (χ1v) is 7.53. The topological polar surface area (TPSA) is 27.0 Å². The van der Waals surface area contributed by atoms with Crippen LogP contribution in [-0.4, -0.2) is 14.1 Å². The molecule has 0 aromatic heterocycles. The fourth-order valence-electron chi connectivity index (χ4n) is 2.13. The first-order valence-electron chi connectivity index (χ1n) is 6.77. The zero-order valence-corrected chi connectivity index (χ0v) is 14.2. The number of nitriles is 1. The standard InChI is InChI=1S/C18H16Cl2N2/c1-12-8-16(22(2)3)6-4-13(12)9-14(11-21)17-7-5-15(19)10-18(17)20/h4-10H,1-3H3/b14-9+. The van der Waals surface area contributed by atoms with Crippen molar-refractivity contribution in [3.8, 4) is 6.07 Å². The zero-order chi connectivity index (χ0) is 16.3. The van der Waals surface area contributed by atoms with E-state index in [1.54, 1.807) is 18.2 Å². The van der Waals surface area contributed by atoms with E-state index < -0.39 is 0 Å². The summed E-state index contributed by atoms with van der Waals surface area (Å²) in [5.41, 5.74) is 4.42. The molecule has 0 amide bonds. The van der Waals surface area contributed by atoms with Gasteiger partial charge in [0.25, 0.3) is 0 Å². The molecule has 2 aromatic rings. The summed E-state index contributed by atoms with van der Waals surface area (Å²) in [6, 6.07) is 13.5. The first kappa shape index (κ1) is 16.4. The van der Waals surface area contributed by atoms with Crippen LogP contribution in [0.5, 0.6) is 0 Å². The molecule has 0 radical (unpaired) electrons. The van der Waals surface area contributed by atoms with Crippen LogP contribution in [0, 0.1) is 18.3 Å². The highest BCUT2D eigenvalue weighted by atomic mass is 35.5. The molecule has 0 N–H and O–H groups in total. The molecular weight excluding hydrogens is 315 g/mol. The smallest absolute Gasteiger partial charge is 0.0998 e. The molecule has 0 aliphatic carbocycles. The fraction of sp³-hybridized carbons (Fsp3) is 0.167. The second kappa shape index (κ2) is 6.87. The van der Waals surface area contributed by atoms with Crippen molar-refractivity contribution in [2.24, 2.45) is 0 Å². The minimum atomic E-state index is 0.475. The lowest BCUT2D eigenvalue weighted by molar-refractivity contribution is 1.13. The number of benzene rings is 2. The predicted molar refractivity (Wildman–Crippen MR) is 95.5 cm³/mol. The largest absolute Gasteiger partial charge is 0.378 e. The quantitative estimate of drug-likeness (QED) is 0.554. The SMILES string of the molecule is Cc1cc(N(C)C)ccc1/C=C(\C#N)c1ccc(Cl)cc1Cl. The van der Waals surface area contributed by atoms with Crippen LogP contribution < -0.4 is 4.90 Å². The van der Waals surface area contributed by atoms with Crippen LogP contribution in [0.15, 0.2) is 36.4 Å². The number of rotatable bonds is 3. The van der Waals surface area contributed by atoms with Gasteiger partial charge in [-0.3, -0.25) is 0 Å². The first-order chi connectivity index (χ1) is 10.4. The van der Waals surface area contributed by atoms with Gasteiger partial charge in [-0.05, 0) is 48.4 Å². The Morgan fingerprint density at radius 3 is 2.41 bits per heavy atom. The van der Waals surface area contributed by atoms with Crippen LogP contribution >= 0.6 is 23.2 Å². The Morgan fingerprint density at radius 2 is 1.86 bits per heavy atom. The Hall–Kier alpha value is -1.95. The van der Waals surface area contributed by atoms with Gasteiger partial charge in [-0.25, -0.2) is 0 Å². The van der Waals surface area contributed by atoms with Gasteiger partial charge in [-0.2, -0.15) is 5.26 Å².